The van der Waals surface area contributed by atoms with Crippen LogP contribution in [0.1, 0.15) is 9.67 Å². The number of sulfonamides is 1. The highest BCUT2D eigenvalue weighted by Gasteiger charge is 2.23. The van der Waals surface area contributed by atoms with Crippen molar-refractivity contribution >= 4 is 49.2 Å². The smallest absolute Gasteiger partial charge is 0.345 e. The molecule has 0 radical (unpaired) electrons. The van der Waals surface area contributed by atoms with E-state index in [9.17, 15) is 18.0 Å². The predicted octanol–water partition coefficient (Wildman–Crippen LogP) is 0.233. The molecule has 1 amide bonds. The molecule has 0 unspecified atom stereocenters. The Labute approximate surface area is 115 Å². The first-order chi connectivity index (χ1) is 8.27. The second-order valence-corrected chi connectivity index (χ2v) is 7.16. The molecule has 1 rings (SSSR count). The molecule has 0 aliphatic carbocycles. The minimum atomic E-state index is -3.92. The molecule has 7 nitrogen and oxygen atoms in total. The van der Waals surface area contributed by atoms with Gasteiger partial charge >= 0.3 is 5.97 Å². The number of thiophene rings is 1. The van der Waals surface area contributed by atoms with Crippen molar-refractivity contribution in [2.24, 2.45) is 0 Å². The van der Waals surface area contributed by atoms with Crippen LogP contribution in [0.3, 0.4) is 0 Å². The minimum Gasteiger partial charge on any atom is -0.477 e. The molecule has 0 aromatic carbocycles. The molecule has 0 aliphatic rings. The number of amides is 1. The Balaban J connectivity index is 2.98. The van der Waals surface area contributed by atoms with Gasteiger partial charge in [-0.15, -0.1) is 11.3 Å². The van der Waals surface area contributed by atoms with Crippen molar-refractivity contribution in [3.05, 3.63) is 14.7 Å². The van der Waals surface area contributed by atoms with Crippen molar-refractivity contribution in [1.82, 2.24) is 10.0 Å². The maximum absolute atomic E-state index is 11.8. The van der Waals surface area contributed by atoms with Gasteiger partial charge in [0.15, 0.2) is 0 Å². The quantitative estimate of drug-likeness (QED) is 0.699. The third-order valence-electron chi connectivity index (χ3n) is 1.86. The number of halogens is 1. The van der Waals surface area contributed by atoms with Crippen molar-refractivity contribution in [2.75, 3.05) is 13.6 Å². The van der Waals surface area contributed by atoms with Crippen molar-refractivity contribution in [2.45, 2.75) is 4.90 Å². The fraction of sp³-hybridized carbons (Fsp3) is 0.250. The Kier molecular flexibility index (Phi) is 4.85. The van der Waals surface area contributed by atoms with E-state index in [1.54, 1.807) is 0 Å². The second-order valence-electron chi connectivity index (χ2n) is 3.05. The average Bonchev–Trinajstić information content (AvgIpc) is 2.69. The van der Waals surface area contributed by atoms with Crippen LogP contribution >= 0.6 is 27.3 Å². The van der Waals surface area contributed by atoms with Gasteiger partial charge in [-0.05, 0) is 22.0 Å². The number of rotatable bonds is 5. The summed E-state index contributed by atoms with van der Waals surface area (Å²) in [6.45, 7) is -0.413. The van der Waals surface area contributed by atoms with E-state index in [0.717, 1.165) is 17.4 Å². The van der Waals surface area contributed by atoms with E-state index < -0.39 is 28.4 Å². The highest BCUT2D eigenvalue weighted by Crippen LogP contribution is 2.31. The predicted molar refractivity (Wildman–Crippen MR) is 68.2 cm³/mol. The highest BCUT2D eigenvalue weighted by molar-refractivity contribution is 9.11. The summed E-state index contributed by atoms with van der Waals surface area (Å²) in [7, 11) is -2.54. The van der Waals surface area contributed by atoms with E-state index in [-0.39, 0.29) is 13.6 Å². The standard InChI is InChI=1S/C8H9BrN2O5S2/c1-10-6(12)3-11-18(15,16)5-2-4(8(13)14)17-7(5)9/h2,11H,3H2,1H3,(H,10,12)(H,13,14). The zero-order valence-electron chi connectivity index (χ0n) is 9.06. The van der Waals surface area contributed by atoms with E-state index in [1.807, 2.05) is 0 Å². The van der Waals surface area contributed by atoms with Crippen molar-refractivity contribution in [1.29, 1.82) is 0 Å². The van der Waals surface area contributed by atoms with Crippen LogP contribution in [0, 0.1) is 0 Å². The number of carbonyl (C=O) groups excluding carboxylic acids is 1. The first-order valence-corrected chi connectivity index (χ1v) is 7.60. The molecule has 0 saturated carbocycles. The van der Waals surface area contributed by atoms with E-state index >= 15 is 0 Å². The van der Waals surface area contributed by atoms with E-state index in [2.05, 4.69) is 26.0 Å². The molecule has 1 aromatic rings. The summed E-state index contributed by atoms with van der Waals surface area (Å²) < 4.78 is 25.8. The zero-order valence-corrected chi connectivity index (χ0v) is 12.3. The Morgan fingerprint density at radius 1 is 1.50 bits per heavy atom. The number of carbonyl (C=O) groups is 2. The molecule has 100 valence electrons. The summed E-state index contributed by atoms with van der Waals surface area (Å²) in [6, 6.07) is 1.03. The normalized spacial score (nSPS) is 11.2. The van der Waals surface area contributed by atoms with Gasteiger partial charge in [-0.25, -0.2) is 17.9 Å². The molecule has 3 N–H and O–H groups in total. The Morgan fingerprint density at radius 3 is 2.56 bits per heavy atom. The monoisotopic (exact) mass is 356 g/mol. The molecule has 0 fully saturated rings. The lowest BCUT2D eigenvalue weighted by Crippen LogP contribution is -2.35. The first-order valence-electron chi connectivity index (χ1n) is 4.51. The van der Waals surface area contributed by atoms with Gasteiger partial charge in [0.2, 0.25) is 15.9 Å². The summed E-state index contributed by atoms with van der Waals surface area (Å²) in [6.07, 6.45) is 0. The summed E-state index contributed by atoms with van der Waals surface area (Å²) in [5.74, 6) is -1.71. The van der Waals surface area contributed by atoms with Crippen LogP contribution in [-0.4, -0.2) is 39.0 Å². The molecule has 18 heavy (non-hydrogen) atoms. The lowest BCUT2D eigenvalue weighted by molar-refractivity contribution is -0.119. The number of carboxylic acids is 1. The number of nitrogens with one attached hydrogen (secondary N) is 2. The fourth-order valence-electron chi connectivity index (χ4n) is 0.967. The Hall–Kier alpha value is -0.970. The maximum Gasteiger partial charge on any atom is 0.345 e. The Bertz CT molecular complexity index is 580. The average molecular weight is 357 g/mol. The van der Waals surface area contributed by atoms with Gasteiger partial charge in [0.05, 0.1) is 10.3 Å². The highest BCUT2D eigenvalue weighted by atomic mass is 79.9. The van der Waals surface area contributed by atoms with Crippen molar-refractivity contribution in [3.8, 4) is 0 Å². The van der Waals surface area contributed by atoms with Gasteiger partial charge in [-0.3, -0.25) is 4.79 Å². The molecular formula is C8H9BrN2O5S2. The van der Waals surface area contributed by atoms with E-state index in [4.69, 9.17) is 5.11 Å². The molecule has 1 heterocycles. The first kappa shape index (κ1) is 15.1. The Morgan fingerprint density at radius 2 is 2.11 bits per heavy atom. The van der Waals surface area contributed by atoms with Crippen LogP contribution in [0.25, 0.3) is 0 Å². The third-order valence-corrected chi connectivity index (χ3v) is 5.50. The molecule has 10 heteroatoms. The SMILES string of the molecule is CNC(=O)CNS(=O)(=O)c1cc(C(=O)O)sc1Br. The number of likely N-dealkylation sites (N-methyl/N-ethyl adjacent to an activating group) is 1. The van der Waals surface area contributed by atoms with Crippen LogP contribution in [-0.2, 0) is 14.8 Å². The molecule has 0 atom stereocenters. The molecule has 0 saturated heterocycles. The topological polar surface area (TPSA) is 113 Å². The summed E-state index contributed by atoms with van der Waals surface area (Å²) >= 11 is 3.77. The number of hydrogen-bond donors (Lipinski definition) is 3. The molecule has 0 bridgehead atoms. The van der Waals surface area contributed by atoms with E-state index in [0.29, 0.717) is 0 Å². The van der Waals surface area contributed by atoms with Crippen LogP contribution < -0.4 is 10.0 Å². The van der Waals surface area contributed by atoms with Crippen LogP contribution in [0.15, 0.2) is 14.7 Å². The maximum atomic E-state index is 11.8. The van der Waals surface area contributed by atoms with Gasteiger partial charge in [0.25, 0.3) is 0 Å². The second kappa shape index (κ2) is 5.78. The minimum absolute atomic E-state index is 0.109. The lowest BCUT2D eigenvalue weighted by atomic mass is 10.5. The van der Waals surface area contributed by atoms with Crippen LogP contribution in [0.5, 0.6) is 0 Å². The van der Waals surface area contributed by atoms with Crippen LogP contribution in [0.4, 0.5) is 0 Å². The van der Waals surface area contributed by atoms with Crippen molar-refractivity contribution < 1.29 is 23.1 Å². The lowest BCUT2D eigenvalue weighted by Gasteiger charge is -2.04. The summed E-state index contributed by atoms with van der Waals surface area (Å²) in [5.41, 5.74) is 0. The van der Waals surface area contributed by atoms with Gasteiger partial charge in [-0.2, -0.15) is 0 Å². The van der Waals surface area contributed by atoms with Crippen molar-refractivity contribution in [3.63, 3.8) is 0 Å². The summed E-state index contributed by atoms with van der Waals surface area (Å²) in [4.78, 5) is 21.4. The van der Waals surface area contributed by atoms with Gasteiger partial charge < -0.3 is 10.4 Å². The molecule has 0 spiro atoms. The largest absolute Gasteiger partial charge is 0.477 e. The number of hydrogen-bond acceptors (Lipinski definition) is 5. The van der Waals surface area contributed by atoms with Crippen LogP contribution in [0.2, 0.25) is 0 Å². The third kappa shape index (κ3) is 3.51. The van der Waals surface area contributed by atoms with E-state index in [1.165, 1.54) is 7.05 Å². The number of carboxylic acid groups (broad SMARTS) is 1. The van der Waals surface area contributed by atoms with Gasteiger partial charge in [0.1, 0.15) is 9.77 Å². The fourth-order valence-corrected chi connectivity index (χ4v) is 4.35. The molecule has 1 aromatic heterocycles. The molecular weight excluding hydrogens is 348 g/mol. The number of aromatic carboxylic acids is 1. The molecule has 0 aliphatic heterocycles. The van der Waals surface area contributed by atoms with Gasteiger partial charge in [0, 0.05) is 7.05 Å². The summed E-state index contributed by atoms with van der Waals surface area (Å²) in [5, 5.41) is 11.0. The zero-order chi connectivity index (χ0) is 13.9. The van der Waals surface area contributed by atoms with Gasteiger partial charge in [-0.1, -0.05) is 0 Å².